The average Bonchev–Trinajstić information content (AvgIpc) is 3.22. The Morgan fingerprint density at radius 3 is 2.44 bits per heavy atom. The first-order valence-corrected chi connectivity index (χ1v) is 11.8. The monoisotopic (exact) mass is 502 g/mol. The predicted molar refractivity (Wildman–Crippen MR) is 123 cm³/mol. The lowest BCUT2D eigenvalue weighted by Gasteiger charge is -2.33. The lowest BCUT2D eigenvalue weighted by Crippen LogP contribution is -2.43. The number of hydrogen-bond acceptors (Lipinski definition) is 7. The van der Waals surface area contributed by atoms with Crippen LogP contribution >= 0.6 is 11.3 Å². The van der Waals surface area contributed by atoms with Crippen LogP contribution in [0.2, 0.25) is 0 Å². The third kappa shape index (κ3) is 6.16. The zero-order chi connectivity index (χ0) is 24.9. The molecule has 1 saturated heterocycles. The molecule has 12 heteroatoms. The highest BCUT2D eigenvalue weighted by atomic mass is 32.1. The number of nitrogens with zero attached hydrogens (tertiary/aromatic N) is 2. The maximum absolute atomic E-state index is 13.8. The quantitative estimate of drug-likeness (QED) is 0.548. The summed E-state index contributed by atoms with van der Waals surface area (Å²) in [5.41, 5.74) is -0.613. The van der Waals surface area contributed by atoms with E-state index in [-0.39, 0.29) is 39.5 Å². The van der Waals surface area contributed by atoms with E-state index in [1.807, 2.05) is 0 Å². The fourth-order valence-electron chi connectivity index (χ4n) is 4.11. The van der Waals surface area contributed by atoms with Gasteiger partial charge in [0.15, 0.2) is 0 Å². The summed E-state index contributed by atoms with van der Waals surface area (Å²) >= 11 is 0.861. The second-order valence-electron chi connectivity index (χ2n) is 8.24. The number of aromatic nitrogens is 1. The molecule has 2 amide bonds. The fourth-order valence-corrected chi connectivity index (χ4v) is 5.14. The summed E-state index contributed by atoms with van der Waals surface area (Å²) in [4.78, 5) is 30.8. The van der Waals surface area contributed by atoms with E-state index in [2.05, 4.69) is 15.6 Å². The maximum atomic E-state index is 13.8. The average molecular weight is 503 g/mol. The van der Waals surface area contributed by atoms with Gasteiger partial charge in [-0.25, -0.2) is 4.98 Å². The lowest BCUT2D eigenvalue weighted by atomic mass is 9.93. The zero-order valence-corrected chi connectivity index (χ0v) is 20.1. The molecule has 8 nitrogen and oxygen atoms in total. The molecule has 1 aliphatic heterocycles. The third-order valence-corrected chi connectivity index (χ3v) is 6.80. The van der Waals surface area contributed by atoms with Crippen LogP contribution in [0.5, 0.6) is 0 Å². The van der Waals surface area contributed by atoms with Gasteiger partial charge in [0.2, 0.25) is 5.91 Å². The second-order valence-corrected chi connectivity index (χ2v) is 9.12. The number of pyridine rings is 1. The van der Waals surface area contributed by atoms with Crippen LogP contribution in [0.25, 0.3) is 10.2 Å². The van der Waals surface area contributed by atoms with Crippen LogP contribution in [0, 0.1) is 5.92 Å². The van der Waals surface area contributed by atoms with Crippen LogP contribution in [0.1, 0.15) is 35.2 Å². The molecule has 34 heavy (non-hydrogen) atoms. The minimum atomic E-state index is -4.57. The van der Waals surface area contributed by atoms with Gasteiger partial charge in [0.05, 0.1) is 40.6 Å². The Labute approximate surface area is 199 Å². The van der Waals surface area contributed by atoms with Crippen molar-refractivity contribution < 1.29 is 32.2 Å². The van der Waals surface area contributed by atoms with Crippen molar-refractivity contribution >= 4 is 39.2 Å². The van der Waals surface area contributed by atoms with E-state index in [1.165, 1.54) is 12.4 Å². The van der Waals surface area contributed by atoms with Crippen LogP contribution in [0.4, 0.5) is 19.0 Å². The number of piperidine rings is 1. The number of carbonyl (C=O) groups is 2. The van der Waals surface area contributed by atoms with Crippen molar-refractivity contribution in [2.75, 3.05) is 52.5 Å². The van der Waals surface area contributed by atoms with Crippen molar-refractivity contribution in [2.45, 2.75) is 31.5 Å². The molecule has 1 fully saturated rings. The summed E-state index contributed by atoms with van der Waals surface area (Å²) in [6, 6.07) is 0.819. The molecule has 0 aromatic carbocycles. The normalized spacial score (nSPS) is 15.2. The molecule has 2 N–H and O–H groups in total. The number of methoxy groups -OCH3 is 2. The van der Waals surface area contributed by atoms with E-state index in [0.717, 1.165) is 17.4 Å². The number of thiophene rings is 1. The van der Waals surface area contributed by atoms with Crippen LogP contribution in [0.15, 0.2) is 11.4 Å². The summed E-state index contributed by atoms with van der Waals surface area (Å²) in [6.45, 7) is 1.61. The zero-order valence-electron chi connectivity index (χ0n) is 19.3. The molecule has 188 valence electrons. The van der Waals surface area contributed by atoms with Gasteiger partial charge in [0.25, 0.3) is 5.91 Å². The fraction of sp³-hybridized carbons (Fsp3) is 0.591. The van der Waals surface area contributed by atoms with E-state index in [9.17, 15) is 22.8 Å². The first-order chi connectivity index (χ1) is 16.2. The molecule has 0 unspecified atom stereocenters. The number of amides is 2. The topological polar surface area (TPSA) is 92.8 Å². The van der Waals surface area contributed by atoms with E-state index in [1.54, 1.807) is 19.1 Å². The minimum absolute atomic E-state index is 0.0527. The van der Waals surface area contributed by atoms with Gasteiger partial charge in [0, 0.05) is 46.2 Å². The van der Waals surface area contributed by atoms with E-state index in [4.69, 9.17) is 9.47 Å². The summed E-state index contributed by atoms with van der Waals surface area (Å²) in [7, 11) is 4.52. The summed E-state index contributed by atoms with van der Waals surface area (Å²) in [5.74, 6) is -0.291. The van der Waals surface area contributed by atoms with Crippen molar-refractivity contribution in [3.05, 3.63) is 22.6 Å². The highest BCUT2D eigenvalue weighted by Crippen LogP contribution is 2.40. The molecular weight excluding hydrogens is 473 g/mol. The van der Waals surface area contributed by atoms with Crippen LogP contribution in [-0.2, 0) is 20.4 Å². The maximum Gasteiger partial charge on any atom is 0.417 e. The summed E-state index contributed by atoms with van der Waals surface area (Å²) in [5, 5.41) is 6.75. The van der Waals surface area contributed by atoms with Gasteiger partial charge < -0.3 is 25.0 Å². The highest BCUT2D eigenvalue weighted by molar-refractivity contribution is 7.17. The third-order valence-electron chi connectivity index (χ3n) is 5.80. The number of alkyl halides is 3. The van der Waals surface area contributed by atoms with E-state index >= 15 is 0 Å². The van der Waals surface area contributed by atoms with Gasteiger partial charge in [0.1, 0.15) is 5.82 Å². The number of halogens is 3. The molecule has 0 aliphatic carbocycles. The second kappa shape index (κ2) is 11.3. The molecule has 0 atom stereocenters. The minimum Gasteiger partial charge on any atom is -0.382 e. The first kappa shape index (κ1) is 26.2. The van der Waals surface area contributed by atoms with Crippen LogP contribution < -0.4 is 15.5 Å². The van der Waals surface area contributed by atoms with E-state index < -0.39 is 17.6 Å². The standard InChI is InChI=1S/C22H29F3N4O4S/c1-26-21(31)15-12-34-20-16(22(23,24)25)9-17(28-19(15)20)29-6-4-13(5-7-29)8-18(30)27-14(10-32-2)11-33-3/h9,12-14H,4-8,10-11H2,1-3H3,(H,26,31)(H,27,30). The molecule has 2 aromatic heterocycles. The smallest absolute Gasteiger partial charge is 0.382 e. The predicted octanol–water partition coefficient (Wildman–Crippen LogP) is 3.06. The van der Waals surface area contributed by atoms with Gasteiger partial charge in [-0.1, -0.05) is 0 Å². The Bertz CT molecular complexity index is 1000. The molecule has 0 saturated carbocycles. The van der Waals surface area contributed by atoms with Gasteiger partial charge in [-0.15, -0.1) is 11.3 Å². The molecule has 0 spiro atoms. The number of fused-ring (bicyclic) bond motifs is 1. The molecule has 0 radical (unpaired) electrons. The molecule has 0 bridgehead atoms. The van der Waals surface area contributed by atoms with Gasteiger partial charge in [-0.05, 0) is 24.8 Å². The van der Waals surface area contributed by atoms with Crippen molar-refractivity contribution in [1.82, 2.24) is 15.6 Å². The number of anilines is 1. The Kier molecular flexibility index (Phi) is 8.72. The Balaban J connectivity index is 1.72. The van der Waals surface area contributed by atoms with Gasteiger partial charge in [-0.2, -0.15) is 13.2 Å². The summed E-state index contributed by atoms with van der Waals surface area (Å²) in [6.07, 6.45) is -2.97. The van der Waals surface area contributed by atoms with Gasteiger partial charge in [-0.3, -0.25) is 9.59 Å². The number of nitrogens with one attached hydrogen (secondary N) is 2. The Morgan fingerprint density at radius 1 is 1.24 bits per heavy atom. The van der Waals surface area contributed by atoms with Crippen LogP contribution in [0.3, 0.4) is 0 Å². The molecular formula is C22H29F3N4O4S. The SMILES string of the molecule is CNC(=O)c1csc2c(C(F)(F)F)cc(N3CCC(CC(=O)NC(COC)COC)CC3)nc12. The Morgan fingerprint density at radius 2 is 1.88 bits per heavy atom. The van der Waals surface area contributed by atoms with Crippen molar-refractivity contribution in [2.24, 2.45) is 5.92 Å². The Hall–Kier alpha value is -2.44. The van der Waals surface area contributed by atoms with Gasteiger partial charge >= 0.3 is 6.18 Å². The largest absolute Gasteiger partial charge is 0.417 e. The van der Waals surface area contributed by atoms with Crippen molar-refractivity contribution in [3.8, 4) is 0 Å². The highest BCUT2D eigenvalue weighted by Gasteiger charge is 2.36. The van der Waals surface area contributed by atoms with Crippen molar-refractivity contribution in [3.63, 3.8) is 0 Å². The number of ether oxygens (including phenoxy) is 2. The molecule has 1 aliphatic rings. The first-order valence-electron chi connectivity index (χ1n) is 10.9. The molecule has 2 aromatic rings. The molecule has 3 heterocycles. The number of hydrogen-bond donors (Lipinski definition) is 2. The molecule has 3 rings (SSSR count). The van der Waals surface area contributed by atoms with Crippen LogP contribution in [-0.4, -0.2) is 70.4 Å². The number of carbonyl (C=O) groups excluding carboxylic acids is 2. The number of rotatable bonds is 9. The van der Waals surface area contributed by atoms with Crippen molar-refractivity contribution in [1.29, 1.82) is 0 Å². The lowest BCUT2D eigenvalue weighted by molar-refractivity contribution is -0.136. The summed E-state index contributed by atoms with van der Waals surface area (Å²) < 4.78 is 51.4. The van der Waals surface area contributed by atoms with E-state index in [0.29, 0.717) is 45.6 Å².